The second-order valence-electron chi connectivity index (χ2n) is 13.9. The quantitative estimate of drug-likeness (QED) is 0.248. The fraction of sp³-hybridized carbons (Fsp3) is 0.906. The molecule has 0 aromatic heterocycles. The molecule has 2 heteroatoms. The van der Waals surface area contributed by atoms with Crippen molar-refractivity contribution in [1.29, 1.82) is 0 Å². The third-order valence-corrected chi connectivity index (χ3v) is 11.7. The molecule has 4 aliphatic carbocycles. The van der Waals surface area contributed by atoms with Crippen molar-refractivity contribution in [1.82, 2.24) is 0 Å². The molecule has 34 heavy (non-hydrogen) atoms. The highest BCUT2D eigenvalue weighted by atomic mass is 16.5. The zero-order valence-electron chi connectivity index (χ0n) is 23.1. The van der Waals surface area contributed by atoms with Crippen molar-refractivity contribution in [3.63, 3.8) is 0 Å². The molecular formula is C32H54O2. The maximum absolute atomic E-state index is 12.2. The first-order chi connectivity index (χ1) is 16.2. The molecule has 0 saturated heterocycles. The van der Waals surface area contributed by atoms with Gasteiger partial charge in [0.25, 0.3) is 0 Å². The number of esters is 1. The summed E-state index contributed by atoms with van der Waals surface area (Å²) in [6, 6.07) is 0. The monoisotopic (exact) mass is 470 g/mol. The first-order valence-electron chi connectivity index (χ1n) is 15.0. The van der Waals surface area contributed by atoms with Crippen LogP contribution in [0.3, 0.4) is 0 Å². The van der Waals surface area contributed by atoms with Crippen LogP contribution in [-0.4, -0.2) is 12.1 Å². The maximum Gasteiger partial charge on any atom is 0.306 e. The molecule has 4 aliphatic rings. The minimum Gasteiger partial charge on any atom is -0.462 e. The van der Waals surface area contributed by atoms with Crippen molar-refractivity contribution in [2.24, 2.45) is 52.3 Å². The SMILES string of the molecule is C=CCCC(=O)O[C@H]1CC[C@]2(C)C3CC[C@@]4(C)C(CCC4[C@H](C)CCCC(C)C)C3CC[C@H]2C1. The van der Waals surface area contributed by atoms with Gasteiger partial charge in [0, 0.05) is 6.42 Å². The zero-order valence-corrected chi connectivity index (χ0v) is 23.1. The lowest BCUT2D eigenvalue weighted by molar-refractivity contribution is -0.162. The Hall–Kier alpha value is -0.790. The van der Waals surface area contributed by atoms with Gasteiger partial charge in [0.2, 0.25) is 0 Å². The van der Waals surface area contributed by atoms with Crippen LogP contribution in [0.1, 0.15) is 125 Å². The van der Waals surface area contributed by atoms with Crippen molar-refractivity contribution in [2.45, 2.75) is 131 Å². The molecule has 0 aromatic rings. The Morgan fingerprint density at radius 2 is 1.71 bits per heavy atom. The number of carbonyl (C=O) groups is 1. The lowest BCUT2D eigenvalue weighted by atomic mass is 9.44. The van der Waals surface area contributed by atoms with E-state index in [0.29, 0.717) is 17.3 Å². The molecule has 0 radical (unpaired) electrons. The average molecular weight is 471 g/mol. The summed E-state index contributed by atoms with van der Waals surface area (Å²) in [6.45, 7) is 16.4. The Labute approximate surface area is 211 Å². The Kier molecular flexibility index (Phi) is 8.25. The van der Waals surface area contributed by atoms with Gasteiger partial charge in [-0.05, 0) is 116 Å². The highest BCUT2D eigenvalue weighted by Gasteiger charge is 2.60. The predicted octanol–water partition coefficient (Wildman–Crippen LogP) is 8.99. The van der Waals surface area contributed by atoms with Crippen LogP contribution < -0.4 is 0 Å². The van der Waals surface area contributed by atoms with Crippen LogP contribution in [0.2, 0.25) is 0 Å². The normalized spacial score (nSPS) is 42.4. The molecule has 4 unspecified atom stereocenters. The summed E-state index contributed by atoms with van der Waals surface area (Å²) in [5.41, 5.74) is 1.05. The molecule has 2 nitrogen and oxygen atoms in total. The van der Waals surface area contributed by atoms with Crippen LogP contribution in [0.5, 0.6) is 0 Å². The molecule has 194 valence electrons. The first kappa shape index (κ1) is 26.3. The summed E-state index contributed by atoms with van der Waals surface area (Å²) in [6.07, 6.45) is 19.6. The number of ether oxygens (including phenoxy) is 1. The highest BCUT2D eigenvalue weighted by Crippen LogP contribution is 2.68. The van der Waals surface area contributed by atoms with E-state index in [4.69, 9.17) is 4.74 Å². The maximum atomic E-state index is 12.2. The summed E-state index contributed by atoms with van der Waals surface area (Å²) >= 11 is 0. The number of hydrogen-bond acceptors (Lipinski definition) is 2. The largest absolute Gasteiger partial charge is 0.462 e. The third kappa shape index (κ3) is 5.04. The molecule has 0 spiro atoms. The molecule has 9 atom stereocenters. The predicted molar refractivity (Wildman–Crippen MR) is 142 cm³/mol. The lowest BCUT2D eigenvalue weighted by Crippen LogP contribution is -2.54. The van der Waals surface area contributed by atoms with Gasteiger partial charge < -0.3 is 4.74 Å². The van der Waals surface area contributed by atoms with E-state index in [-0.39, 0.29) is 12.1 Å². The van der Waals surface area contributed by atoms with Gasteiger partial charge in [-0.1, -0.05) is 60.0 Å². The van der Waals surface area contributed by atoms with E-state index in [2.05, 4.69) is 41.2 Å². The molecule has 4 fully saturated rings. The van der Waals surface area contributed by atoms with Crippen LogP contribution in [-0.2, 0) is 9.53 Å². The zero-order chi connectivity index (χ0) is 24.5. The highest BCUT2D eigenvalue weighted by molar-refractivity contribution is 5.69. The lowest BCUT2D eigenvalue weighted by Gasteiger charge is -2.61. The average Bonchev–Trinajstić information content (AvgIpc) is 3.15. The fourth-order valence-corrected chi connectivity index (χ4v) is 9.82. The van der Waals surface area contributed by atoms with Gasteiger partial charge in [-0.15, -0.1) is 6.58 Å². The second kappa shape index (κ2) is 10.7. The molecule has 4 rings (SSSR count). The summed E-state index contributed by atoms with van der Waals surface area (Å²) in [5.74, 6) is 6.21. The topological polar surface area (TPSA) is 26.3 Å². The van der Waals surface area contributed by atoms with Gasteiger partial charge in [0.15, 0.2) is 0 Å². The van der Waals surface area contributed by atoms with E-state index < -0.39 is 0 Å². The molecule has 0 bridgehead atoms. The van der Waals surface area contributed by atoms with Gasteiger partial charge in [-0.2, -0.15) is 0 Å². The number of rotatable bonds is 9. The Morgan fingerprint density at radius 3 is 2.44 bits per heavy atom. The molecule has 0 aromatic carbocycles. The van der Waals surface area contributed by atoms with Gasteiger partial charge in [0.05, 0.1) is 0 Å². The Morgan fingerprint density at radius 1 is 0.971 bits per heavy atom. The van der Waals surface area contributed by atoms with E-state index in [0.717, 1.165) is 60.7 Å². The van der Waals surface area contributed by atoms with Gasteiger partial charge in [-0.25, -0.2) is 0 Å². The van der Waals surface area contributed by atoms with E-state index >= 15 is 0 Å². The number of fused-ring (bicyclic) bond motifs is 5. The fourth-order valence-electron chi connectivity index (χ4n) is 9.82. The summed E-state index contributed by atoms with van der Waals surface area (Å²) in [7, 11) is 0. The van der Waals surface area contributed by atoms with Crippen LogP contribution in [0.25, 0.3) is 0 Å². The van der Waals surface area contributed by atoms with Crippen molar-refractivity contribution in [2.75, 3.05) is 0 Å². The van der Waals surface area contributed by atoms with Crippen molar-refractivity contribution < 1.29 is 9.53 Å². The van der Waals surface area contributed by atoms with E-state index in [1.165, 1.54) is 64.2 Å². The number of allylic oxidation sites excluding steroid dienone is 1. The van der Waals surface area contributed by atoms with Crippen molar-refractivity contribution in [3.8, 4) is 0 Å². The number of carbonyl (C=O) groups excluding carboxylic acids is 1. The molecule has 0 aliphatic heterocycles. The van der Waals surface area contributed by atoms with Crippen molar-refractivity contribution in [3.05, 3.63) is 12.7 Å². The summed E-state index contributed by atoms with van der Waals surface area (Å²) in [4.78, 5) is 12.2. The Bertz CT molecular complexity index is 712. The summed E-state index contributed by atoms with van der Waals surface area (Å²) < 4.78 is 5.91. The smallest absolute Gasteiger partial charge is 0.306 e. The second-order valence-corrected chi connectivity index (χ2v) is 13.9. The molecular weight excluding hydrogens is 416 g/mol. The molecule has 0 amide bonds. The van der Waals surface area contributed by atoms with E-state index in [9.17, 15) is 4.79 Å². The van der Waals surface area contributed by atoms with Gasteiger partial charge in [0.1, 0.15) is 6.10 Å². The summed E-state index contributed by atoms with van der Waals surface area (Å²) in [5, 5.41) is 0. The minimum absolute atomic E-state index is 0.0184. The van der Waals surface area contributed by atoms with E-state index in [1.807, 2.05) is 6.08 Å². The van der Waals surface area contributed by atoms with Crippen LogP contribution in [0.15, 0.2) is 12.7 Å². The van der Waals surface area contributed by atoms with Crippen molar-refractivity contribution >= 4 is 5.97 Å². The van der Waals surface area contributed by atoms with Crippen LogP contribution in [0, 0.1) is 52.3 Å². The van der Waals surface area contributed by atoms with Crippen LogP contribution in [0.4, 0.5) is 0 Å². The van der Waals surface area contributed by atoms with Crippen LogP contribution >= 0.6 is 0 Å². The minimum atomic E-state index is -0.0184. The molecule has 0 heterocycles. The van der Waals surface area contributed by atoms with Gasteiger partial charge in [-0.3, -0.25) is 4.79 Å². The third-order valence-electron chi connectivity index (χ3n) is 11.7. The number of hydrogen-bond donors (Lipinski definition) is 0. The molecule has 0 N–H and O–H groups in total. The van der Waals surface area contributed by atoms with Gasteiger partial charge >= 0.3 is 5.97 Å². The standard InChI is InChI=1S/C32H54O2/c1-7-8-12-30(33)34-25-17-19-31(5)24(21-25)13-14-26-28-16-15-27(23(4)11-9-10-22(2)3)32(28,6)20-18-29(26)31/h7,22-29H,1,8-21H2,2-6H3/t23-,24+,25+,26?,27?,28?,29?,31+,32-/m1/s1. The van der Waals surface area contributed by atoms with E-state index in [1.54, 1.807) is 0 Å². The molecule has 4 saturated carbocycles. The first-order valence-corrected chi connectivity index (χ1v) is 15.0. The Balaban J connectivity index is 1.38.